The predicted molar refractivity (Wildman–Crippen MR) is 197 cm³/mol. The van der Waals surface area contributed by atoms with Crippen molar-refractivity contribution >= 4 is 17.8 Å². The molecule has 0 aromatic heterocycles. The van der Waals surface area contributed by atoms with E-state index in [1.54, 1.807) is 7.11 Å². The Labute approximate surface area is 313 Å². The van der Waals surface area contributed by atoms with Crippen LogP contribution in [0.4, 0.5) is 0 Å². The Balaban J connectivity index is 0.977. The van der Waals surface area contributed by atoms with Gasteiger partial charge in [0.25, 0.3) is 0 Å². The number of piperidine rings is 1. The number of fused-ring (bicyclic) bond motifs is 2. The summed E-state index contributed by atoms with van der Waals surface area (Å²) in [6.45, 7) is 9.84. The Morgan fingerprint density at radius 2 is 1.83 bits per heavy atom. The third-order valence-corrected chi connectivity index (χ3v) is 14.0. The number of hydrogen-bond donors (Lipinski definition) is 2. The van der Waals surface area contributed by atoms with Gasteiger partial charge in [0.2, 0.25) is 5.91 Å². The van der Waals surface area contributed by atoms with Crippen LogP contribution < -0.4 is 14.8 Å². The molecule has 9 rings (SSSR count). The molecule has 2 heterocycles. The van der Waals surface area contributed by atoms with Gasteiger partial charge in [-0.15, -0.1) is 0 Å². The van der Waals surface area contributed by atoms with Crippen LogP contribution in [-0.2, 0) is 42.3 Å². The molecule has 2 spiro atoms. The number of esters is 2. The molecule has 4 saturated carbocycles. The Morgan fingerprint density at radius 3 is 2.53 bits per heavy atom. The number of benzene rings is 2. The number of nitrogens with zero attached hydrogens (tertiary/aromatic N) is 1. The van der Waals surface area contributed by atoms with Crippen molar-refractivity contribution in [2.24, 2.45) is 23.2 Å². The van der Waals surface area contributed by atoms with Gasteiger partial charge >= 0.3 is 11.9 Å². The van der Waals surface area contributed by atoms with Crippen LogP contribution in [0.15, 0.2) is 42.5 Å². The number of carbonyl (C=O) groups excluding carboxylic acids is 3. The van der Waals surface area contributed by atoms with Gasteiger partial charge in [-0.2, -0.15) is 0 Å². The lowest BCUT2D eigenvalue weighted by atomic mass is 9.34. The molecule has 1 amide bonds. The lowest BCUT2D eigenvalue weighted by Crippen LogP contribution is -2.82. The molecule has 7 atom stereocenters. The Hall–Kier alpha value is -3.47. The number of likely N-dealkylation sites (tertiary alicyclic amines) is 1. The molecule has 1 saturated heterocycles. The molecule has 2 aromatic carbocycles. The van der Waals surface area contributed by atoms with E-state index in [4.69, 9.17) is 18.9 Å². The average molecular weight is 729 g/mol. The van der Waals surface area contributed by atoms with E-state index in [9.17, 15) is 19.5 Å². The summed E-state index contributed by atoms with van der Waals surface area (Å²) in [7, 11) is 1.78. The van der Waals surface area contributed by atoms with Crippen LogP contribution in [-0.4, -0.2) is 77.4 Å². The lowest BCUT2D eigenvalue weighted by Gasteiger charge is -2.75. The van der Waals surface area contributed by atoms with Crippen LogP contribution >= 0.6 is 0 Å². The smallest absolute Gasteiger partial charge is 0.329 e. The highest BCUT2D eigenvalue weighted by Gasteiger charge is 2.81. The summed E-state index contributed by atoms with van der Waals surface area (Å²) < 4.78 is 25.3. The van der Waals surface area contributed by atoms with E-state index in [1.165, 1.54) is 24.0 Å². The third-order valence-electron chi connectivity index (χ3n) is 14.0. The van der Waals surface area contributed by atoms with Crippen LogP contribution in [0.1, 0.15) is 102 Å². The number of rotatable bonds is 14. The SMILES string of the molecule is CO[C@]12CC[C@@]3(C[C@@H]1C(C)(C)O)[C@H]1Cc4ccc(OC(=O)CCCC(=O)N[C@H](C(=O)OCc5ccccc5)C(C)C)c5c4[C@@]3(CCN1CC1CC1)[C@H]2O5. The van der Waals surface area contributed by atoms with E-state index >= 15 is 0 Å². The first-order chi connectivity index (χ1) is 25.3. The lowest BCUT2D eigenvalue weighted by molar-refractivity contribution is -0.300. The van der Waals surface area contributed by atoms with Gasteiger partial charge in [-0.25, -0.2) is 4.79 Å². The van der Waals surface area contributed by atoms with Crippen LogP contribution in [0.3, 0.4) is 0 Å². The van der Waals surface area contributed by atoms with Crippen molar-refractivity contribution in [1.29, 1.82) is 0 Å². The molecule has 0 unspecified atom stereocenters. The summed E-state index contributed by atoms with van der Waals surface area (Å²) in [6, 6.07) is 13.0. The fraction of sp³-hybridized carbons (Fsp3) is 0.651. The van der Waals surface area contributed by atoms with Crippen LogP contribution in [0, 0.1) is 23.2 Å². The average Bonchev–Trinajstić information content (AvgIpc) is 3.88. The van der Waals surface area contributed by atoms with Crippen molar-refractivity contribution in [3.8, 4) is 11.5 Å². The fourth-order valence-corrected chi connectivity index (χ4v) is 11.4. The Morgan fingerprint density at radius 1 is 1.06 bits per heavy atom. The molecule has 4 bridgehead atoms. The number of nitrogens with one attached hydrogen (secondary N) is 1. The minimum absolute atomic E-state index is 0.0360. The molecule has 5 aliphatic carbocycles. The van der Waals surface area contributed by atoms with Gasteiger partial charge < -0.3 is 29.4 Å². The van der Waals surface area contributed by atoms with Crippen molar-refractivity contribution in [2.45, 2.75) is 133 Å². The molecule has 2 N–H and O–H groups in total. The van der Waals surface area contributed by atoms with E-state index in [2.05, 4.69) is 16.3 Å². The number of aliphatic hydroxyl groups is 1. The topological polar surface area (TPSA) is 124 Å². The molecule has 10 heteroatoms. The maximum atomic E-state index is 13.4. The van der Waals surface area contributed by atoms with Gasteiger partial charge in [0.15, 0.2) is 11.5 Å². The monoisotopic (exact) mass is 728 g/mol. The second kappa shape index (κ2) is 13.4. The van der Waals surface area contributed by atoms with E-state index in [0.29, 0.717) is 17.5 Å². The molecule has 286 valence electrons. The van der Waals surface area contributed by atoms with Crippen molar-refractivity contribution in [1.82, 2.24) is 10.2 Å². The maximum absolute atomic E-state index is 13.4. The summed E-state index contributed by atoms with van der Waals surface area (Å²) in [5.41, 5.74) is 1.35. The molecule has 53 heavy (non-hydrogen) atoms. The highest BCUT2D eigenvalue weighted by atomic mass is 16.6. The standard InChI is InChI=1S/C43H56N2O8/c1-26(2)36(38(48)51-25-28-10-7-6-8-11-28)44-33(46)12-9-13-34(47)52-30-17-16-29-22-32-41-18-19-43(50-5,31(23-41)40(3,4)49)39-42(41,35(29)37(30)53-39)20-21-45(32)24-27-14-15-27/h6-8,10-11,16-17,26-27,31-32,36,39,49H,9,12-15,18-25H2,1-5H3,(H,44,46)/t31-,32-,36+,39-,41-,42+,43-/m1/s1. The molecule has 2 aromatic rings. The second-order valence-corrected chi connectivity index (χ2v) is 17.7. The predicted octanol–water partition coefficient (Wildman–Crippen LogP) is 5.64. The van der Waals surface area contributed by atoms with E-state index in [-0.39, 0.29) is 60.5 Å². The van der Waals surface area contributed by atoms with Crippen molar-refractivity contribution in [3.05, 3.63) is 59.2 Å². The number of methoxy groups -OCH3 is 1. The summed E-state index contributed by atoms with van der Waals surface area (Å²) in [4.78, 5) is 41.9. The van der Waals surface area contributed by atoms with Gasteiger partial charge in [-0.1, -0.05) is 50.2 Å². The number of carbonyl (C=O) groups is 3. The molecule has 10 nitrogen and oxygen atoms in total. The highest BCUT2D eigenvalue weighted by molar-refractivity contribution is 5.85. The van der Waals surface area contributed by atoms with Crippen molar-refractivity contribution < 1.29 is 38.4 Å². The quantitative estimate of drug-likeness (QED) is 0.188. The van der Waals surface area contributed by atoms with Gasteiger partial charge in [0.1, 0.15) is 24.4 Å². The number of amides is 1. The molecule has 5 fully saturated rings. The zero-order chi connectivity index (χ0) is 37.3. The summed E-state index contributed by atoms with van der Waals surface area (Å²) >= 11 is 0. The van der Waals surface area contributed by atoms with Crippen molar-refractivity contribution in [3.63, 3.8) is 0 Å². The first-order valence-electron chi connectivity index (χ1n) is 19.9. The van der Waals surface area contributed by atoms with Gasteiger partial charge in [-0.05, 0) is 101 Å². The van der Waals surface area contributed by atoms with E-state index in [0.717, 1.165) is 56.7 Å². The normalized spacial score (nSPS) is 31.4. The number of hydrogen-bond acceptors (Lipinski definition) is 9. The molecular formula is C43H56N2O8. The summed E-state index contributed by atoms with van der Waals surface area (Å²) in [6.07, 6.45) is 7.30. The van der Waals surface area contributed by atoms with Gasteiger partial charge in [-0.3, -0.25) is 14.5 Å². The largest absolute Gasteiger partial charge is 0.482 e. The third kappa shape index (κ3) is 5.89. The highest BCUT2D eigenvalue weighted by Crippen LogP contribution is 2.77. The molecule has 2 aliphatic heterocycles. The van der Waals surface area contributed by atoms with E-state index in [1.807, 2.05) is 64.1 Å². The molecule has 7 aliphatic rings. The summed E-state index contributed by atoms with van der Waals surface area (Å²) in [5, 5.41) is 14.5. The van der Waals surface area contributed by atoms with Crippen molar-refractivity contribution in [2.75, 3.05) is 20.2 Å². The zero-order valence-corrected chi connectivity index (χ0v) is 32.0. The van der Waals surface area contributed by atoms with Gasteiger partial charge in [0.05, 0.1) is 5.60 Å². The zero-order valence-electron chi connectivity index (χ0n) is 32.0. The minimum Gasteiger partial charge on any atom is -0.482 e. The first-order valence-corrected chi connectivity index (χ1v) is 19.9. The summed E-state index contributed by atoms with van der Waals surface area (Å²) in [5.74, 6) is 0.349. The Kier molecular flexibility index (Phi) is 9.21. The fourth-order valence-electron chi connectivity index (χ4n) is 11.4. The van der Waals surface area contributed by atoms with E-state index < -0.39 is 29.2 Å². The maximum Gasteiger partial charge on any atom is 0.329 e. The second-order valence-electron chi connectivity index (χ2n) is 17.7. The number of ether oxygens (including phenoxy) is 4. The minimum atomic E-state index is -0.960. The first kappa shape index (κ1) is 36.5. The molecule has 0 radical (unpaired) electrons. The van der Waals surface area contributed by atoms with Crippen LogP contribution in [0.5, 0.6) is 11.5 Å². The molecular weight excluding hydrogens is 672 g/mol. The van der Waals surface area contributed by atoms with Crippen LogP contribution in [0.25, 0.3) is 0 Å². The van der Waals surface area contributed by atoms with Gasteiger partial charge in [0, 0.05) is 54.8 Å². The van der Waals surface area contributed by atoms with Crippen LogP contribution in [0.2, 0.25) is 0 Å². The Bertz CT molecular complexity index is 1750.